The highest BCUT2D eigenvalue weighted by Crippen LogP contribution is 2.24. The Morgan fingerprint density at radius 2 is 2.12 bits per heavy atom. The average Bonchev–Trinajstić information content (AvgIpc) is 3.05. The molecule has 2 N–H and O–H groups in total. The van der Waals surface area contributed by atoms with Gasteiger partial charge in [-0.05, 0) is 39.3 Å². The number of rotatable bonds is 2. The first kappa shape index (κ1) is 11.7. The molecular weight excluding hydrogens is 200 g/mol. The van der Waals surface area contributed by atoms with Gasteiger partial charge in [-0.1, -0.05) is 6.92 Å². The lowest BCUT2D eigenvalue weighted by atomic mass is 10.2. The van der Waals surface area contributed by atoms with Crippen molar-refractivity contribution in [2.75, 3.05) is 26.7 Å². The third kappa shape index (κ3) is 2.88. The summed E-state index contributed by atoms with van der Waals surface area (Å²) in [5.74, 6) is 0.782. The van der Waals surface area contributed by atoms with Crippen LogP contribution in [0.15, 0.2) is 4.99 Å². The molecule has 4 nitrogen and oxygen atoms in total. The average molecular weight is 224 g/mol. The number of aliphatic imine (C=N–C) groups is 1. The van der Waals surface area contributed by atoms with E-state index in [-0.39, 0.29) is 0 Å². The number of likely N-dealkylation sites (N-methyl/N-ethyl adjacent to an activating group) is 1. The van der Waals surface area contributed by atoms with Gasteiger partial charge in [-0.3, -0.25) is 0 Å². The van der Waals surface area contributed by atoms with Crippen LogP contribution in [-0.2, 0) is 0 Å². The van der Waals surface area contributed by atoms with Crippen LogP contribution in [0.1, 0.15) is 32.6 Å². The van der Waals surface area contributed by atoms with E-state index in [0.717, 1.165) is 25.5 Å². The van der Waals surface area contributed by atoms with Gasteiger partial charge < -0.3 is 15.5 Å². The van der Waals surface area contributed by atoms with Crippen molar-refractivity contribution in [3.8, 4) is 0 Å². The van der Waals surface area contributed by atoms with E-state index in [1.165, 1.54) is 25.8 Å². The summed E-state index contributed by atoms with van der Waals surface area (Å²) in [5.41, 5.74) is 6.13. The monoisotopic (exact) mass is 224 g/mol. The zero-order chi connectivity index (χ0) is 11.5. The van der Waals surface area contributed by atoms with Crippen molar-refractivity contribution >= 4 is 5.96 Å². The highest BCUT2D eigenvalue weighted by Gasteiger charge is 2.26. The van der Waals surface area contributed by atoms with Gasteiger partial charge in [0.15, 0.2) is 5.96 Å². The minimum atomic E-state index is 0.526. The lowest BCUT2D eigenvalue weighted by Crippen LogP contribution is -2.47. The first-order valence-electron chi connectivity index (χ1n) is 6.49. The Labute approximate surface area is 98.5 Å². The summed E-state index contributed by atoms with van der Waals surface area (Å²) < 4.78 is 0. The molecule has 0 bridgehead atoms. The van der Waals surface area contributed by atoms with Crippen molar-refractivity contribution in [1.82, 2.24) is 9.80 Å². The predicted octanol–water partition coefficient (Wildman–Crippen LogP) is 0.880. The molecule has 1 aliphatic carbocycles. The van der Waals surface area contributed by atoms with Crippen LogP contribution in [0.3, 0.4) is 0 Å². The molecule has 0 aromatic heterocycles. The molecule has 16 heavy (non-hydrogen) atoms. The maximum absolute atomic E-state index is 6.13. The number of nitrogens with two attached hydrogens (primary N) is 1. The summed E-state index contributed by atoms with van der Waals surface area (Å²) in [6, 6.07) is 1.06. The van der Waals surface area contributed by atoms with E-state index < -0.39 is 0 Å². The van der Waals surface area contributed by atoms with Gasteiger partial charge in [0.1, 0.15) is 0 Å². The third-order valence-corrected chi connectivity index (χ3v) is 3.53. The normalized spacial score (nSPS) is 29.2. The van der Waals surface area contributed by atoms with E-state index in [4.69, 9.17) is 5.73 Å². The Balaban J connectivity index is 2.03. The zero-order valence-electron chi connectivity index (χ0n) is 10.5. The van der Waals surface area contributed by atoms with Crippen LogP contribution in [0.4, 0.5) is 0 Å². The van der Waals surface area contributed by atoms with Crippen molar-refractivity contribution in [1.29, 1.82) is 0 Å². The second-order valence-corrected chi connectivity index (χ2v) is 5.09. The van der Waals surface area contributed by atoms with Crippen LogP contribution in [0.2, 0.25) is 0 Å². The Morgan fingerprint density at radius 3 is 2.75 bits per heavy atom. The maximum atomic E-state index is 6.13. The van der Waals surface area contributed by atoms with Crippen molar-refractivity contribution in [2.45, 2.75) is 44.7 Å². The summed E-state index contributed by atoms with van der Waals surface area (Å²) in [4.78, 5) is 9.30. The molecule has 0 aromatic rings. The molecule has 0 spiro atoms. The smallest absolute Gasteiger partial charge is 0.191 e. The van der Waals surface area contributed by atoms with Crippen LogP contribution >= 0.6 is 0 Å². The molecule has 2 fully saturated rings. The minimum absolute atomic E-state index is 0.526. The van der Waals surface area contributed by atoms with E-state index in [1.54, 1.807) is 0 Å². The first-order chi connectivity index (χ1) is 7.70. The molecule has 1 saturated carbocycles. The summed E-state index contributed by atoms with van der Waals surface area (Å²) >= 11 is 0. The molecule has 2 aliphatic rings. The fraction of sp³-hybridized carbons (Fsp3) is 0.917. The van der Waals surface area contributed by atoms with Crippen molar-refractivity contribution in [3.63, 3.8) is 0 Å². The van der Waals surface area contributed by atoms with E-state index in [9.17, 15) is 0 Å². The SMILES string of the molecule is CCC1CN(C)CCCN1C(N)=NC1CC1. The molecule has 2 rings (SSSR count). The molecule has 0 radical (unpaired) electrons. The highest BCUT2D eigenvalue weighted by atomic mass is 15.3. The third-order valence-electron chi connectivity index (χ3n) is 3.53. The highest BCUT2D eigenvalue weighted by molar-refractivity contribution is 5.78. The van der Waals surface area contributed by atoms with Gasteiger partial charge in [-0.25, -0.2) is 4.99 Å². The van der Waals surface area contributed by atoms with Crippen LogP contribution < -0.4 is 5.73 Å². The minimum Gasteiger partial charge on any atom is -0.370 e. The van der Waals surface area contributed by atoms with E-state index in [1.807, 2.05) is 0 Å². The molecule has 1 heterocycles. The van der Waals surface area contributed by atoms with Crippen LogP contribution in [0, 0.1) is 0 Å². The van der Waals surface area contributed by atoms with Gasteiger partial charge >= 0.3 is 0 Å². The molecule has 1 saturated heterocycles. The standard InChI is InChI=1S/C12H24N4/c1-3-11-9-15(2)7-4-8-16(11)12(13)14-10-5-6-10/h10-11H,3-9H2,1-2H3,(H2,13,14). The molecule has 0 aromatic carbocycles. The molecule has 1 atom stereocenters. The van der Waals surface area contributed by atoms with Gasteiger partial charge in [-0.15, -0.1) is 0 Å². The van der Waals surface area contributed by atoms with Gasteiger partial charge in [0, 0.05) is 19.1 Å². The lowest BCUT2D eigenvalue weighted by Gasteiger charge is -2.31. The van der Waals surface area contributed by atoms with Gasteiger partial charge in [0.05, 0.1) is 6.04 Å². The molecule has 1 aliphatic heterocycles. The van der Waals surface area contributed by atoms with Gasteiger partial charge in [0.25, 0.3) is 0 Å². The fourth-order valence-corrected chi connectivity index (χ4v) is 2.36. The molecule has 1 unspecified atom stereocenters. The summed E-state index contributed by atoms with van der Waals surface area (Å²) in [5, 5.41) is 0. The van der Waals surface area contributed by atoms with E-state index in [0.29, 0.717) is 12.1 Å². The molecular formula is C12H24N4. The fourth-order valence-electron chi connectivity index (χ4n) is 2.36. The Kier molecular flexibility index (Phi) is 3.69. The van der Waals surface area contributed by atoms with Gasteiger partial charge in [0.2, 0.25) is 0 Å². The van der Waals surface area contributed by atoms with E-state index >= 15 is 0 Å². The predicted molar refractivity (Wildman–Crippen MR) is 67.5 cm³/mol. The van der Waals surface area contributed by atoms with Gasteiger partial charge in [-0.2, -0.15) is 0 Å². The van der Waals surface area contributed by atoms with Crippen molar-refractivity contribution in [2.24, 2.45) is 10.7 Å². The van der Waals surface area contributed by atoms with Crippen LogP contribution in [0.25, 0.3) is 0 Å². The van der Waals surface area contributed by atoms with Crippen molar-refractivity contribution in [3.05, 3.63) is 0 Å². The number of hydrogen-bond acceptors (Lipinski definition) is 2. The molecule has 92 valence electrons. The second-order valence-electron chi connectivity index (χ2n) is 5.09. The summed E-state index contributed by atoms with van der Waals surface area (Å²) in [6.45, 7) is 5.58. The topological polar surface area (TPSA) is 44.9 Å². The molecule has 4 heteroatoms. The lowest BCUT2D eigenvalue weighted by molar-refractivity contribution is 0.262. The summed E-state index contributed by atoms with van der Waals surface area (Å²) in [7, 11) is 2.19. The number of guanidine groups is 1. The largest absolute Gasteiger partial charge is 0.370 e. The number of nitrogens with zero attached hydrogens (tertiary/aromatic N) is 3. The first-order valence-corrected chi connectivity index (χ1v) is 6.49. The quantitative estimate of drug-likeness (QED) is 0.559. The molecule has 0 amide bonds. The second kappa shape index (κ2) is 5.04. The Morgan fingerprint density at radius 1 is 1.38 bits per heavy atom. The number of hydrogen-bond donors (Lipinski definition) is 1. The zero-order valence-corrected chi connectivity index (χ0v) is 10.5. The Bertz CT molecular complexity index is 260. The van der Waals surface area contributed by atoms with Crippen molar-refractivity contribution < 1.29 is 0 Å². The maximum Gasteiger partial charge on any atom is 0.191 e. The Hall–Kier alpha value is -0.770. The summed E-state index contributed by atoms with van der Waals surface area (Å²) in [6.07, 6.45) is 4.79. The van der Waals surface area contributed by atoms with Crippen LogP contribution in [-0.4, -0.2) is 54.5 Å². The van der Waals surface area contributed by atoms with E-state index in [2.05, 4.69) is 28.8 Å². The van der Waals surface area contributed by atoms with Crippen LogP contribution in [0.5, 0.6) is 0 Å².